The Hall–Kier alpha value is -1.44. The molecule has 2 N–H and O–H groups in total. The van der Waals surface area contributed by atoms with Gasteiger partial charge in [0.2, 0.25) is 0 Å². The Bertz CT molecular complexity index is 567. The van der Waals surface area contributed by atoms with Crippen molar-refractivity contribution < 1.29 is 29.3 Å². The molecule has 2 fully saturated rings. The van der Waals surface area contributed by atoms with E-state index in [1.807, 2.05) is 6.08 Å². The monoisotopic (exact) mass is 325 g/mol. The van der Waals surface area contributed by atoms with Crippen molar-refractivity contribution in [2.45, 2.75) is 50.5 Å². The van der Waals surface area contributed by atoms with Crippen LogP contribution >= 0.6 is 0 Å². The molecule has 0 aromatic heterocycles. The first kappa shape index (κ1) is 16.4. The van der Waals surface area contributed by atoms with Crippen molar-refractivity contribution in [3.05, 3.63) is 11.6 Å². The van der Waals surface area contributed by atoms with Crippen LogP contribution in [0.15, 0.2) is 11.6 Å². The Morgan fingerprint density at radius 2 is 2.00 bits per heavy atom. The van der Waals surface area contributed by atoms with Gasteiger partial charge >= 0.3 is 11.9 Å². The molecule has 7 nitrogen and oxygen atoms in total. The third kappa shape index (κ3) is 2.38. The minimum Gasteiger partial charge on any atom is -0.460 e. The molecule has 0 saturated carbocycles. The van der Waals surface area contributed by atoms with Crippen LogP contribution in [0, 0.1) is 5.92 Å². The zero-order chi connectivity index (χ0) is 17.0. The molecule has 0 amide bonds. The number of hydrogen-bond acceptors (Lipinski definition) is 7. The third-order valence-corrected chi connectivity index (χ3v) is 5.63. The van der Waals surface area contributed by atoms with Gasteiger partial charge in [-0.2, -0.15) is 0 Å². The summed E-state index contributed by atoms with van der Waals surface area (Å²) in [7, 11) is 0. The van der Waals surface area contributed by atoms with Gasteiger partial charge in [0.15, 0.2) is 5.60 Å². The van der Waals surface area contributed by atoms with Gasteiger partial charge in [0.25, 0.3) is 0 Å². The average molecular weight is 325 g/mol. The third-order valence-electron chi connectivity index (χ3n) is 5.63. The first-order chi connectivity index (χ1) is 10.7. The summed E-state index contributed by atoms with van der Waals surface area (Å²) < 4.78 is 10.8. The van der Waals surface area contributed by atoms with Crippen LogP contribution in [0.5, 0.6) is 0 Å². The molecular formula is C16H23NO6. The largest absolute Gasteiger partial charge is 0.460 e. The van der Waals surface area contributed by atoms with Gasteiger partial charge in [0, 0.05) is 13.1 Å². The van der Waals surface area contributed by atoms with Crippen LogP contribution in [0.2, 0.25) is 0 Å². The second kappa shape index (κ2) is 5.29. The van der Waals surface area contributed by atoms with Gasteiger partial charge in [-0.15, -0.1) is 0 Å². The van der Waals surface area contributed by atoms with Crippen molar-refractivity contribution in [3.63, 3.8) is 0 Å². The van der Waals surface area contributed by atoms with E-state index in [1.54, 1.807) is 0 Å². The fourth-order valence-electron chi connectivity index (χ4n) is 3.52. The molecule has 0 aromatic carbocycles. The van der Waals surface area contributed by atoms with Crippen LogP contribution in [-0.4, -0.2) is 70.1 Å². The van der Waals surface area contributed by atoms with Crippen LogP contribution in [0.25, 0.3) is 0 Å². The minimum atomic E-state index is -2.22. The lowest BCUT2D eigenvalue weighted by Crippen LogP contribution is -2.61. The first-order valence-corrected chi connectivity index (χ1v) is 7.91. The van der Waals surface area contributed by atoms with E-state index in [-0.39, 0.29) is 18.8 Å². The fraction of sp³-hybridized carbons (Fsp3) is 0.750. The summed E-state index contributed by atoms with van der Waals surface area (Å²) in [6.07, 6.45) is 2.34. The van der Waals surface area contributed by atoms with E-state index in [9.17, 15) is 19.8 Å². The number of carbonyl (C=O) groups excluding carboxylic acids is 2. The van der Waals surface area contributed by atoms with Crippen LogP contribution in [0.4, 0.5) is 0 Å². The van der Waals surface area contributed by atoms with Gasteiger partial charge in [-0.1, -0.05) is 6.08 Å². The number of carbonyl (C=O) groups is 2. The number of nitrogens with zero attached hydrogens (tertiary/aromatic N) is 1. The molecule has 3 heterocycles. The average Bonchev–Trinajstić information content (AvgIpc) is 3.06. The van der Waals surface area contributed by atoms with Crippen molar-refractivity contribution in [2.24, 2.45) is 5.92 Å². The summed E-state index contributed by atoms with van der Waals surface area (Å²) in [6, 6.07) is -0.0908. The van der Waals surface area contributed by atoms with Crippen LogP contribution in [0.1, 0.15) is 27.2 Å². The standard InChI is InChI=1S/C16H23NO6/c1-9-13(18)23-11-5-7-17-6-4-10(12(11)17)8-22-14(19)16(3,21)15(9,2)20/h4,9,11-12,20-21H,5-8H2,1-3H3/t9-,11+,12+,15?,16?/m1/s1. The Kier molecular flexibility index (Phi) is 3.78. The predicted octanol–water partition coefficient (Wildman–Crippen LogP) is -0.393. The minimum absolute atomic E-state index is 0.0225. The van der Waals surface area contributed by atoms with E-state index in [0.717, 1.165) is 25.6 Å². The summed E-state index contributed by atoms with van der Waals surface area (Å²) >= 11 is 0. The Balaban J connectivity index is 1.97. The zero-order valence-corrected chi connectivity index (χ0v) is 13.6. The summed E-state index contributed by atoms with van der Waals surface area (Å²) in [5.41, 5.74) is -3.35. The van der Waals surface area contributed by atoms with Crippen molar-refractivity contribution >= 4 is 11.9 Å². The molecule has 0 aromatic rings. The van der Waals surface area contributed by atoms with E-state index in [0.29, 0.717) is 6.42 Å². The number of cyclic esters (lactones) is 1. The Morgan fingerprint density at radius 1 is 1.30 bits per heavy atom. The summed E-state index contributed by atoms with van der Waals surface area (Å²) in [5, 5.41) is 21.1. The number of ether oxygens (including phenoxy) is 2. The van der Waals surface area contributed by atoms with Gasteiger partial charge in [0.1, 0.15) is 18.3 Å². The molecule has 7 heteroatoms. The topological polar surface area (TPSA) is 96.3 Å². The van der Waals surface area contributed by atoms with Crippen LogP contribution < -0.4 is 0 Å². The summed E-state index contributed by atoms with van der Waals surface area (Å²) in [6.45, 7) is 5.41. The summed E-state index contributed by atoms with van der Waals surface area (Å²) in [4.78, 5) is 26.9. The Labute approximate surface area is 134 Å². The smallest absolute Gasteiger partial charge is 0.341 e. The van der Waals surface area contributed by atoms with Crippen molar-refractivity contribution in [1.82, 2.24) is 4.90 Å². The number of rotatable bonds is 0. The number of hydrogen-bond donors (Lipinski definition) is 2. The maximum Gasteiger partial charge on any atom is 0.341 e. The fourth-order valence-corrected chi connectivity index (χ4v) is 3.52. The maximum atomic E-state index is 12.4. The molecule has 5 atom stereocenters. The van der Waals surface area contributed by atoms with E-state index >= 15 is 0 Å². The lowest BCUT2D eigenvalue weighted by atomic mass is 9.76. The van der Waals surface area contributed by atoms with Gasteiger partial charge in [-0.05, 0) is 32.8 Å². The van der Waals surface area contributed by atoms with E-state index in [1.165, 1.54) is 13.8 Å². The van der Waals surface area contributed by atoms with E-state index in [2.05, 4.69) is 4.90 Å². The zero-order valence-electron chi connectivity index (χ0n) is 13.6. The summed E-state index contributed by atoms with van der Waals surface area (Å²) in [5.74, 6) is -2.65. The lowest BCUT2D eigenvalue weighted by Gasteiger charge is -2.39. The highest BCUT2D eigenvalue weighted by Gasteiger charge is 2.56. The van der Waals surface area contributed by atoms with Crippen molar-refractivity contribution in [2.75, 3.05) is 19.7 Å². The van der Waals surface area contributed by atoms with Gasteiger partial charge in [0.05, 0.1) is 12.0 Å². The molecule has 0 bridgehead atoms. The molecule has 3 aliphatic rings. The molecule has 3 rings (SSSR count). The Morgan fingerprint density at radius 3 is 2.70 bits per heavy atom. The van der Waals surface area contributed by atoms with Gasteiger partial charge in [-0.25, -0.2) is 4.79 Å². The molecule has 0 radical (unpaired) electrons. The van der Waals surface area contributed by atoms with Gasteiger partial charge in [-0.3, -0.25) is 9.69 Å². The van der Waals surface area contributed by atoms with Crippen LogP contribution in [-0.2, 0) is 19.1 Å². The highest BCUT2D eigenvalue weighted by atomic mass is 16.6. The second-order valence-electron chi connectivity index (χ2n) is 7.00. The number of esters is 2. The normalized spacial score (nSPS) is 44.9. The lowest BCUT2D eigenvalue weighted by molar-refractivity contribution is -0.205. The van der Waals surface area contributed by atoms with E-state index < -0.39 is 29.1 Å². The second-order valence-corrected chi connectivity index (χ2v) is 7.00. The molecule has 2 saturated heterocycles. The molecule has 2 unspecified atom stereocenters. The highest BCUT2D eigenvalue weighted by Crippen LogP contribution is 2.36. The van der Waals surface area contributed by atoms with Crippen molar-refractivity contribution in [3.8, 4) is 0 Å². The van der Waals surface area contributed by atoms with E-state index in [4.69, 9.17) is 9.47 Å². The van der Waals surface area contributed by atoms with Crippen molar-refractivity contribution in [1.29, 1.82) is 0 Å². The predicted molar refractivity (Wildman–Crippen MR) is 79.3 cm³/mol. The molecule has 3 aliphatic heterocycles. The van der Waals surface area contributed by atoms with Gasteiger partial charge < -0.3 is 19.7 Å². The molecule has 23 heavy (non-hydrogen) atoms. The van der Waals surface area contributed by atoms with Crippen LogP contribution in [0.3, 0.4) is 0 Å². The quantitative estimate of drug-likeness (QED) is 0.462. The highest BCUT2D eigenvalue weighted by molar-refractivity contribution is 5.83. The first-order valence-electron chi connectivity index (χ1n) is 7.91. The maximum absolute atomic E-state index is 12.4. The molecule has 0 aliphatic carbocycles. The number of aliphatic hydroxyl groups is 2. The molecule has 128 valence electrons. The molecule has 0 spiro atoms. The molecular weight excluding hydrogens is 302 g/mol. The SMILES string of the molecule is C[C@@H]1C(=O)O[C@H]2CCN3CC=C(COC(=O)C(C)(O)C1(C)O)[C@@H]23.